The Morgan fingerprint density at radius 1 is 0.957 bits per heavy atom. The minimum Gasteiger partial charge on any atom is -0.373 e. The first-order chi connectivity index (χ1) is 11.1. The molecular formula is C18H30O4Si. The zero-order valence-electron chi connectivity index (χ0n) is 14.7. The molecule has 0 atom stereocenters. The molecule has 0 aliphatic heterocycles. The molecule has 0 bridgehead atoms. The predicted octanol–water partition coefficient (Wildman–Crippen LogP) is 3.95. The lowest BCUT2D eigenvalue weighted by Gasteiger charge is -2.30. The van der Waals surface area contributed by atoms with Crippen LogP contribution in [-0.2, 0) is 24.1 Å². The first kappa shape index (κ1) is 20.0. The zero-order valence-corrected chi connectivity index (χ0v) is 15.7. The average Bonchev–Trinajstić information content (AvgIpc) is 2.55. The molecule has 130 valence electrons. The standard InChI is InChI=1S/C18H30O4Si/c1-4-13-20-23(21-14-5-2,22-15-9-10-17(3)19)16-18-11-7-6-8-12-18/h6-8,11-12H,4-5,9-10,13-16H2,1-3H3. The number of hydrogen-bond donors (Lipinski definition) is 0. The molecule has 0 spiro atoms. The van der Waals surface area contributed by atoms with E-state index in [1.807, 2.05) is 18.2 Å². The summed E-state index contributed by atoms with van der Waals surface area (Å²) < 4.78 is 18.3. The van der Waals surface area contributed by atoms with Crippen molar-refractivity contribution >= 4 is 14.6 Å². The summed E-state index contributed by atoms with van der Waals surface area (Å²) >= 11 is 0. The largest absolute Gasteiger partial charge is 0.505 e. The van der Waals surface area contributed by atoms with Crippen molar-refractivity contribution in [3.8, 4) is 0 Å². The highest BCUT2D eigenvalue weighted by molar-refractivity contribution is 6.60. The van der Waals surface area contributed by atoms with Crippen LogP contribution in [0.1, 0.15) is 52.0 Å². The van der Waals surface area contributed by atoms with Crippen molar-refractivity contribution in [2.75, 3.05) is 19.8 Å². The molecule has 1 aromatic carbocycles. The summed E-state index contributed by atoms with van der Waals surface area (Å²) in [6.07, 6.45) is 3.10. The summed E-state index contributed by atoms with van der Waals surface area (Å²) in [5.74, 6) is 0.188. The number of carbonyl (C=O) groups is 1. The van der Waals surface area contributed by atoms with Crippen LogP contribution >= 0.6 is 0 Å². The van der Waals surface area contributed by atoms with Crippen molar-refractivity contribution in [2.45, 2.75) is 52.5 Å². The molecule has 0 fully saturated rings. The lowest BCUT2D eigenvalue weighted by atomic mass is 10.2. The van der Waals surface area contributed by atoms with Crippen molar-refractivity contribution in [1.29, 1.82) is 0 Å². The van der Waals surface area contributed by atoms with E-state index in [1.54, 1.807) is 6.92 Å². The maximum Gasteiger partial charge on any atom is 0.505 e. The van der Waals surface area contributed by atoms with Crippen molar-refractivity contribution in [1.82, 2.24) is 0 Å². The van der Waals surface area contributed by atoms with Gasteiger partial charge in [0, 0.05) is 32.3 Å². The van der Waals surface area contributed by atoms with Gasteiger partial charge < -0.3 is 18.1 Å². The van der Waals surface area contributed by atoms with Gasteiger partial charge in [0.25, 0.3) is 0 Å². The third kappa shape index (κ3) is 8.41. The predicted molar refractivity (Wildman–Crippen MR) is 94.3 cm³/mol. The Bertz CT molecular complexity index is 428. The van der Waals surface area contributed by atoms with Gasteiger partial charge in [0.15, 0.2) is 0 Å². The first-order valence-corrected chi connectivity index (χ1v) is 10.5. The Kier molecular flexibility index (Phi) is 10.0. The Morgan fingerprint density at radius 2 is 1.52 bits per heavy atom. The normalized spacial score (nSPS) is 11.6. The molecule has 0 aromatic heterocycles. The van der Waals surface area contributed by atoms with Crippen LogP contribution in [-0.4, -0.2) is 34.4 Å². The SMILES string of the molecule is CCCO[Si](Cc1ccccc1)(OCCC)OCCCC(C)=O. The molecule has 4 nitrogen and oxygen atoms in total. The second-order valence-electron chi connectivity index (χ2n) is 5.70. The van der Waals surface area contributed by atoms with Crippen LogP contribution in [0.15, 0.2) is 30.3 Å². The highest BCUT2D eigenvalue weighted by Gasteiger charge is 2.41. The van der Waals surface area contributed by atoms with Gasteiger partial charge in [-0.2, -0.15) is 0 Å². The minimum atomic E-state index is -2.76. The van der Waals surface area contributed by atoms with E-state index in [4.69, 9.17) is 13.3 Å². The van der Waals surface area contributed by atoms with E-state index in [0.29, 0.717) is 38.7 Å². The summed E-state index contributed by atoms with van der Waals surface area (Å²) in [6.45, 7) is 7.54. The summed E-state index contributed by atoms with van der Waals surface area (Å²) in [5, 5.41) is 0. The highest BCUT2D eigenvalue weighted by atomic mass is 28.4. The van der Waals surface area contributed by atoms with Crippen LogP contribution in [0, 0.1) is 0 Å². The highest BCUT2D eigenvalue weighted by Crippen LogP contribution is 2.18. The van der Waals surface area contributed by atoms with Crippen LogP contribution in [0.5, 0.6) is 0 Å². The molecule has 23 heavy (non-hydrogen) atoms. The van der Waals surface area contributed by atoms with Crippen molar-refractivity contribution in [3.05, 3.63) is 35.9 Å². The molecule has 0 radical (unpaired) electrons. The van der Waals surface area contributed by atoms with Gasteiger partial charge in [0.1, 0.15) is 5.78 Å². The molecule has 0 amide bonds. The summed E-state index contributed by atoms with van der Waals surface area (Å²) in [7, 11) is -2.76. The van der Waals surface area contributed by atoms with E-state index in [1.165, 1.54) is 0 Å². The number of rotatable bonds is 13. The Hall–Kier alpha value is -1.01. The number of Topliss-reactive ketones (excluding diaryl/α,β-unsaturated/α-hetero) is 1. The molecule has 1 aromatic rings. The minimum absolute atomic E-state index is 0.188. The van der Waals surface area contributed by atoms with Crippen molar-refractivity contribution in [2.24, 2.45) is 0 Å². The van der Waals surface area contributed by atoms with E-state index in [0.717, 1.165) is 18.4 Å². The molecule has 0 unspecified atom stereocenters. The molecule has 0 N–H and O–H groups in total. The van der Waals surface area contributed by atoms with Gasteiger partial charge in [0.2, 0.25) is 0 Å². The molecule has 0 aliphatic carbocycles. The summed E-state index contributed by atoms with van der Waals surface area (Å²) in [6, 6.07) is 10.9. The van der Waals surface area contributed by atoms with E-state index in [2.05, 4.69) is 26.0 Å². The molecule has 0 saturated heterocycles. The van der Waals surface area contributed by atoms with Gasteiger partial charge in [-0.05, 0) is 31.7 Å². The van der Waals surface area contributed by atoms with Crippen molar-refractivity contribution in [3.63, 3.8) is 0 Å². The van der Waals surface area contributed by atoms with Gasteiger partial charge >= 0.3 is 8.80 Å². The Balaban J connectivity index is 2.77. The van der Waals surface area contributed by atoms with Crippen LogP contribution in [0.3, 0.4) is 0 Å². The van der Waals surface area contributed by atoms with Crippen LogP contribution < -0.4 is 0 Å². The molecule has 5 heteroatoms. The summed E-state index contributed by atoms with van der Waals surface area (Å²) in [5.41, 5.74) is 1.16. The molecular weight excluding hydrogens is 308 g/mol. The number of ketones is 1. The van der Waals surface area contributed by atoms with Gasteiger partial charge in [0.05, 0.1) is 0 Å². The lowest BCUT2D eigenvalue weighted by Crippen LogP contribution is -2.49. The second-order valence-corrected chi connectivity index (χ2v) is 8.28. The first-order valence-electron chi connectivity index (χ1n) is 8.57. The molecule has 0 saturated carbocycles. The van der Waals surface area contributed by atoms with Gasteiger partial charge in [-0.3, -0.25) is 0 Å². The van der Waals surface area contributed by atoms with Crippen LogP contribution in [0.4, 0.5) is 0 Å². The second kappa shape index (κ2) is 11.5. The smallest absolute Gasteiger partial charge is 0.373 e. The summed E-state index contributed by atoms with van der Waals surface area (Å²) in [4.78, 5) is 11.1. The van der Waals surface area contributed by atoms with Crippen LogP contribution in [0.25, 0.3) is 0 Å². The number of benzene rings is 1. The fourth-order valence-corrected chi connectivity index (χ4v) is 4.97. The fourth-order valence-electron chi connectivity index (χ4n) is 2.19. The quantitative estimate of drug-likeness (QED) is 0.403. The molecule has 1 rings (SSSR count). The van der Waals surface area contributed by atoms with E-state index in [-0.39, 0.29) is 5.78 Å². The average molecular weight is 339 g/mol. The van der Waals surface area contributed by atoms with Crippen LogP contribution in [0.2, 0.25) is 0 Å². The van der Waals surface area contributed by atoms with Gasteiger partial charge in [-0.15, -0.1) is 0 Å². The third-order valence-corrected chi connectivity index (χ3v) is 6.08. The zero-order chi connectivity index (χ0) is 17.0. The topological polar surface area (TPSA) is 44.8 Å². The number of carbonyl (C=O) groups excluding carboxylic acids is 1. The Labute approximate surface area is 141 Å². The molecule has 0 heterocycles. The Morgan fingerprint density at radius 3 is 2.04 bits per heavy atom. The van der Waals surface area contributed by atoms with Crippen molar-refractivity contribution < 1.29 is 18.1 Å². The maximum absolute atomic E-state index is 11.1. The van der Waals surface area contributed by atoms with Gasteiger partial charge in [-0.25, -0.2) is 0 Å². The van der Waals surface area contributed by atoms with E-state index in [9.17, 15) is 4.79 Å². The monoisotopic (exact) mass is 338 g/mol. The fraction of sp³-hybridized carbons (Fsp3) is 0.611. The van der Waals surface area contributed by atoms with E-state index >= 15 is 0 Å². The maximum atomic E-state index is 11.1. The van der Waals surface area contributed by atoms with E-state index < -0.39 is 8.80 Å². The lowest BCUT2D eigenvalue weighted by molar-refractivity contribution is -0.117. The molecule has 0 aliphatic rings. The van der Waals surface area contributed by atoms with Gasteiger partial charge in [-0.1, -0.05) is 44.2 Å². The third-order valence-electron chi connectivity index (χ3n) is 3.31. The number of hydrogen-bond acceptors (Lipinski definition) is 4.